The average molecular weight is 480 g/mol. The Kier molecular flexibility index (Phi) is 5.85. The lowest BCUT2D eigenvalue weighted by molar-refractivity contribution is -0.120. The van der Waals surface area contributed by atoms with Gasteiger partial charge in [0.05, 0.1) is 22.0 Å². The predicted molar refractivity (Wildman–Crippen MR) is 136 cm³/mol. The van der Waals surface area contributed by atoms with Gasteiger partial charge in [-0.2, -0.15) is 10.1 Å². The highest BCUT2D eigenvalue weighted by molar-refractivity contribution is 7.22. The number of aromatic nitrogens is 3. The number of rotatable bonds is 4. The van der Waals surface area contributed by atoms with E-state index in [-0.39, 0.29) is 11.8 Å². The summed E-state index contributed by atoms with van der Waals surface area (Å²) in [5.41, 5.74) is 5.84. The fourth-order valence-electron chi connectivity index (χ4n) is 4.25. The van der Waals surface area contributed by atoms with Crippen molar-refractivity contribution in [1.82, 2.24) is 14.8 Å². The number of benzene rings is 2. The molecule has 0 saturated carbocycles. The number of fused-ring (bicyclic) bond motifs is 1. The SMILES string of the molecule is Cc1ccc(-n2nc(C)c3sc(N4CCCC(C(=O)Nc5cc(Cl)ccc5C)C4)nc32)cc1. The Morgan fingerprint density at radius 2 is 1.94 bits per heavy atom. The lowest BCUT2D eigenvalue weighted by Gasteiger charge is -2.31. The van der Waals surface area contributed by atoms with E-state index in [0.717, 1.165) is 57.5 Å². The molecular weight excluding hydrogens is 454 g/mol. The lowest BCUT2D eigenvalue weighted by Crippen LogP contribution is -2.40. The largest absolute Gasteiger partial charge is 0.347 e. The van der Waals surface area contributed by atoms with E-state index >= 15 is 0 Å². The van der Waals surface area contributed by atoms with Gasteiger partial charge in [-0.25, -0.2) is 4.68 Å². The summed E-state index contributed by atoms with van der Waals surface area (Å²) in [5, 5.41) is 9.36. The van der Waals surface area contributed by atoms with E-state index in [9.17, 15) is 4.79 Å². The topological polar surface area (TPSA) is 63.1 Å². The number of anilines is 2. The number of nitrogens with zero attached hydrogens (tertiary/aromatic N) is 4. The van der Waals surface area contributed by atoms with Crippen molar-refractivity contribution in [3.05, 3.63) is 64.3 Å². The van der Waals surface area contributed by atoms with Gasteiger partial charge in [0.25, 0.3) is 0 Å². The molecule has 0 aliphatic carbocycles. The highest BCUT2D eigenvalue weighted by Crippen LogP contribution is 2.35. The number of carbonyl (C=O) groups is 1. The van der Waals surface area contributed by atoms with Crippen LogP contribution in [0.15, 0.2) is 42.5 Å². The molecular formula is C25H26ClN5OS. The van der Waals surface area contributed by atoms with Crippen LogP contribution in [0.4, 0.5) is 10.8 Å². The van der Waals surface area contributed by atoms with Gasteiger partial charge in [-0.15, -0.1) is 0 Å². The van der Waals surface area contributed by atoms with E-state index in [1.807, 2.05) is 36.7 Å². The molecule has 5 rings (SSSR count). The van der Waals surface area contributed by atoms with Crippen molar-refractivity contribution in [2.24, 2.45) is 5.92 Å². The maximum Gasteiger partial charge on any atom is 0.229 e. The second-order valence-electron chi connectivity index (χ2n) is 8.72. The Morgan fingerprint density at radius 1 is 1.15 bits per heavy atom. The highest BCUT2D eigenvalue weighted by Gasteiger charge is 2.28. The van der Waals surface area contributed by atoms with E-state index < -0.39 is 0 Å². The Bertz CT molecular complexity index is 1330. The smallest absolute Gasteiger partial charge is 0.229 e. The van der Waals surface area contributed by atoms with Crippen LogP contribution in [-0.4, -0.2) is 33.8 Å². The number of nitrogens with one attached hydrogen (secondary N) is 1. The van der Waals surface area contributed by atoms with Crippen LogP contribution in [0.25, 0.3) is 16.0 Å². The highest BCUT2D eigenvalue weighted by atomic mass is 35.5. The zero-order valence-corrected chi connectivity index (χ0v) is 20.5. The van der Waals surface area contributed by atoms with Crippen LogP contribution >= 0.6 is 22.9 Å². The molecule has 8 heteroatoms. The normalized spacial score (nSPS) is 16.4. The summed E-state index contributed by atoms with van der Waals surface area (Å²) in [6.45, 7) is 7.62. The van der Waals surface area contributed by atoms with Crippen LogP contribution in [0.2, 0.25) is 5.02 Å². The van der Waals surface area contributed by atoms with Crippen LogP contribution < -0.4 is 10.2 Å². The zero-order chi connectivity index (χ0) is 23.1. The molecule has 170 valence electrons. The summed E-state index contributed by atoms with van der Waals surface area (Å²) in [4.78, 5) is 20.2. The molecule has 1 atom stereocenters. The molecule has 6 nitrogen and oxygen atoms in total. The molecule has 1 amide bonds. The lowest BCUT2D eigenvalue weighted by atomic mass is 9.97. The minimum Gasteiger partial charge on any atom is -0.347 e. The summed E-state index contributed by atoms with van der Waals surface area (Å²) >= 11 is 7.77. The molecule has 4 aromatic rings. The van der Waals surface area contributed by atoms with E-state index in [4.69, 9.17) is 21.7 Å². The minimum absolute atomic E-state index is 0.0354. The van der Waals surface area contributed by atoms with Crippen LogP contribution in [0.3, 0.4) is 0 Å². The molecule has 0 bridgehead atoms. The van der Waals surface area contributed by atoms with Gasteiger partial charge in [0, 0.05) is 23.8 Å². The van der Waals surface area contributed by atoms with Gasteiger partial charge in [0.2, 0.25) is 5.91 Å². The van der Waals surface area contributed by atoms with E-state index in [1.165, 1.54) is 5.56 Å². The first-order chi connectivity index (χ1) is 15.9. The summed E-state index contributed by atoms with van der Waals surface area (Å²) in [7, 11) is 0. The molecule has 1 saturated heterocycles. The number of halogens is 1. The van der Waals surface area contributed by atoms with Crippen molar-refractivity contribution in [2.45, 2.75) is 33.6 Å². The molecule has 2 aromatic heterocycles. The van der Waals surface area contributed by atoms with Crippen LogP contribution in [0.5, 0.6) is 0 Å². The first kappa shape index (κ1) is 21.9. The quantitative estimate of drug-likeness (QED) is 0.395. The number of carbonyl (C=O) groups excluding carboxylic acids is 1. The van der Waals surface area contributed by atoms with Gasteiger partial charge >= 0.3 is 0 Å². The summed E-state index contributed by atoms with van der Waals surface area (Å²) < 4.78 is 3.01. The molecule has 1 aliphatic heterocycles. The molecule has 3 heterocycles. The van der Waals surface area contributed by atoms with Crippen molar-refractivity contribution >= 4 is 50.0 Å². The van der Waals surface area contributed by atoms with Crippen molar-refractivity contribution < 1.29 is 4.79 Å². The van der Waals surface area contributed by atoms with Crippen molar-refractivity contribution in [2.75, 3.05) is 23.3 Å². The number of hydrogen-bond donors (Lipinski definition) is 1. The molecule has 2 aromatic carbocycles. The van der Waals surface area contributed by atoms with Gasteiger partial charge in [-0.1, -0.05) is 46.7 Å². The fraction of sp³-hybridized carbons (Fsp3) is 0.320. The van der Waals surface area contributed by atoms with Gasteiger partial charge < -0.3 is 10.2 Å². The van der Waals surface area contributed by atoms with Gasteiger partial charge in [0.15, 0.2) is 10.8 Å². The maximum absolute atomic E-state index is 13.0. The zero-order valence-electron chi connectivity index (χ0n) is 18.9. The van der Waals surface area contributed by atoms with Crippen LogP contribution in [-0.2, 0) is 4.79 Å². The molecule has 0 spiro atoms. The molecule has 1 unspecified atom stereocenters. The third-order valence-corrected chi connectivity index (χ3v) is 7.63. The number of piperidine rings is 1. The second-order valence-corrected chi connectivity index (χ2v) is 10.1. The van der Waals surface area contributed by atoms with E-state index in [0.29, 0.717) is 11.6 Å². The Morgan fingerprint density at radius 3 is 2.73 bits per heavy atom. The Balaban J connectivity index is 1.37. The summed E-state index contributed by atoms with van der Waals surface area (Å²) in [5.74, 6) is -0.0629. The van der Waals surface area contributed by atoms with Gasteiger partial charge in [0.1, 0.15) is 0 Å². The van der Waals surface area contributed by atoms with Crippen molar-refractivity contribution in [3.63, 3.8) is 0 Å². The Labute approximate surface area is 202 Å². The molecule has 33 heavy (non-hydrogen) atoms. The number of amides is 1. The average Bonchev–Trinajstić information content (AvgIpc) is 3.38. The van der Waals surface area contributed by atoms with E-state index in [1.54, 1.807) is 11.3 Å². The number of aryl methyl sites for hydroxylation is 3. The third-order valence-electron chi connectivity index (χ3n) is 6.18. The van der Waals surface area contributed by atoms with Crippen LogP contribution in [0, 0.1) is 26.7 Å². The third kappa shape index (κ3) is 4.35. The van der Waals surface area contributed by atoms with E-state index in [2.05, 4.69) is 41.4 Å². The predicted octanol–water partition coefficient (Wildman–Crippen LogP) is 5.92. The Hall–Kier alpha value is -2.90. The molecule has 1 fully saturated rings. The second kappa shape index (κ2) is 8.80. The van der Waals surface area contributed by atoms with Gasteiger partial charge in [-0.05, 0) is 63.4 Å². The minimum atomic E-state index is -0.0983. The number of thiazole rings is 1. The van der Waals surface area contributed by atoms with Crippen LogP contribution in [0.1, 0.15) is 29.7 Å². The van der Waals surface area contributed by atoms with Gasteiger partial charge in [-0.3, -0.25) is 4.79 Å². The summed E-state index contributed by atoms with van der Waals surface area (Å²) in [6, 6.07) is 13.9. The maximum atomic E-state index is 13.0. The molecule has 1 N–H and O–H groups in total. The standard InChI is InChI=1S/C25H26ClN5OS/c1-15-6-10-20(11-7-15)31-23-22(17(3)29-31)33-25(28-23)30-12-4-5-18(14-30)24(32)27-21-13-19(26)9-8-16(21)2/h6-11,13,18H,4-5,12,14H2,1-3H3,(H,27,32). The first-order valence-corrected chi connectivity index (χ1v) is 12.3. The summed E-state index contributed by atoms with van der Waals surface area (Å²) in [6.07, 6.45) is 1.81. The monoisotopic (exact) mass is 479 g/mol. The number of hydrogen-bond acceptors (Lipinski definition) is 5. The molecule has 0 radical (unpaired) electrons. The fourth-order valence-corrected chi connectivity index (χ4v) is 5.45. The van der Waals surface area contributed by atoms with Crippen molar-refractivity contribution in [1.29, 1.82) is 0 Å². The molecule has 1 aliphatic rings. The van der Waals surface area contributed by atoms with Crippen molar-refractivity contribution in [3.8, 4) is 5.69 Å². The first-order valence-electron chi connectivity index (χ1n) is 11.1.